The minimum absolute atomic E-state index is 0.0113. The van der Waals surface area contributed by atoms with Crippen molar-refractivity contribution in [1.29, 1.82) is 0 Å². The fourth-order valence-electron chi connectivity index (χ4n) is 1.71. The molecule has 0 heterocycles. The molecule has 1 rings (SSSR count). The van der Waals surface area contributed by atoms with E-state index < -0.39 is 6.04 Å². The van der Waals surface area contributed by atoms with Gasteiger partial charge in [0.1, 0.15) is 5.75 Å². The molecule has 0 bridgehead atoms. The van der Waals surface area contributed by atoms with Gasteiger partial charge >= 0.3 is 0 Å². The minimum atomic E-state index is -0.523. The third-order valence-corrected chi connectivity index (χ3v) is 4.25. The molecule has 0 aliphatic carbocycles. The molecule has 1 amide bonds. The van der Waals surface area contributed by atoms with Gasteiger partial charge in [-0.25, -0.2) is 0 Å². The summed E-state index contributed by atoms with van der Waals surface area (Å²) in [6.45, 7) is 4.92. The molecule has 1 aromatic carbocycles. The zero-order chi connectivity index (χ0) is 16.2. The quantitative estimate of drug-likeness (QED) is 0.742. The molecule has 21 heavy (non-hydrogen) atoms. The van der Waals surface area contributed by atoms with E-state index in [4.69, 9.17) is 27.9 Å². The predicted octanol–water partition coefficient (Wildman–Crippen LogP) is 3.86. The monoisotopic (exact) mass is 395 g/mol. The van der Waals surface area contributed by atoms with Crippen molar-refractivity contribution in [1.82, 2.24) is 5.32 Å². The molecule has 7 heteroatoms. The Morgan fingerprint density at radius 2 is 1.90 bits per heavy atom. The highest BCUT2D eigenvalue weighted by Gasteiger charge is 2.20. The standard InChI is InChI=1S/C14H16BrCl2NO3/c1-7(2)14(8(3)19)18-13(20)6-21-12-5-10(16)9(15)4-11(12)17/h4-5,7,14H,6H2,1-3H3,(H,18,20). The van der Waals surface area contributed by atoms with E-state index in [9.17, 15) is 9.59 Å². The Morgan fingerprint density at radius 1 is 1.29 bits per heavy atom. The van der Waals surface area contributed by atoms with E-state index in [1.807, 2.05) is 13.8 Å². The Bertz CT molecular complexity index is 549. The SMILES string of the molecule is CC(=O)C(NC(=O)COc1cc(Cl)c(Br)cc1Cl)C(C)C. The molecule has 1 aromatic rings. The molecule has 0 saturated heterocycles. The van der Waals surface area contributed by atoms with Gasteiger partial charge in [0, 0.05) is 10.5 Å². The van der Waals surface area contributed by atoms with Crippen molar-refractivity contribution in [3.63, 3.8) is 0 Å². The van der Waals surface area contributed by atoms with E-state index in [0.717, 1.165) is 0 Å². The second-order valence-corrected chi connectivity index (χ2v) is 6.55. The van der Waals surface area contributed by atoms with Gasteiger partial charge in [-0.2, -0.15) is 0 Å². The Hall–Kier alpha value is -0.780. The number of nitrogens with one attached hydrogen (secondary N) is 1. The summed E-state index contributed by atoms with van der Waals surface area (Å²) in [5, 5.41) is 3.40. The summed E-state index contributed by atoms with van der Waals surface area (Å²) < 4.78 is 5.98. The van der Waals surface area contributed by atoms with Crippen LogP contribution in [0.2, 0.25) is 10.0 Å². The molecule has 0 spiro atoms. The zero-order valence-corrected chi connectivity index (χ0v) is 15.0. The highest BCUT2D eigenvalue weighted by atomic mass is 79.9. The number of carbonyl (C=O) groups is 2. The van der Waals surface area contributed by atoms with Gasteiger partial charge in [-0.05, 0) is 34.8 Å². The zero-order valence-electron chi connectivity index (χ0n) is 11.9. The van der Waals surface area contributed by atoms with Gasteiger partial charge < -0.3 is 10.1 Å². The van der Waals surface area contributed by atoms with Gasteiger partial charge in [-0.3, -0.25) is 9.59 Å². The number of rotatable bonds is 6. The number of ether oxygens (including phenoxy) is 1. The van der Waals surface area contributed by atoms with Crippen LogP contribution in [0.1, 0.15) is 20.8 Å². The van der Waals surface area contributed by atoms with E-state index in [-0.39, 0.29) is 24.2 Å². The molecular weight excluding hydrogens is 381 g/mol. The van der Waals surface area contributed by atoms with E-state index in [1.54, 1.807) is 6.07 Å². The van der Waals surface area contributed by atoms with Crippen LogP contribution < -0.4 is 10.1 Å². The van der Waals surface area contributed by atoms with Crippen molar-refractivity contribution in [2.45, 2.75) is 26.8 Å². The first kappa shape index (κ1) is 18.3. The van der Waals surface area contributed by atoms with Crippen LogP contribution in [-0.2, 0) is 9.59 Å². The summed E-state index contributed by atoms with van der Waals surface area (Å²) in [5.41, 5.74) is 0. The first-order valence-electron chi connectivity index (χ1n) is 6.29. The lowest BCUT2D eigenvalue weighted by Gasteiger charge is -2.19. The topological polar surface area (TPSA) is 55.4 Å². The summed E-state index contributed by atoms with van der Waals surface area (Å²) >= 11 is 15.2. The summed E-state index contributed by atoms with van der Waals surface area (Å²) in [5.74, 6) is -0.164. The van der Waals surface area contributed by atoms with Gasteiger partial charge in [0.25, 0.3) is 5.91 Å². The molecule has 1 N–H and O–H groups in total. The van der Waals surface area contributed by atoms with Crippen LogP contribution in [0.5, 0.6) is 5.75 Å². The predicted molar refractivity (Wildman–Crippen MR) is 87.1 cm³/mol. The Labute approximate surface area is 142 Å². The molecule has 0 fully saturated rings. The molecule has 4 nitrogen and oxygen atoms in total. The average Bonchev–Trinajstić information content (AvgIpc) is 2.37. The molecule has 0 aliphatic heterocycles. The molecule has 0 saturated carbocycles. The van der Waals surface area contributed by atoms with Gasteiger partial charge in [0.05, 0.1) is 16.1 Å². The lowest BCUT2D eigenvalue weighted by atomic mass is 10.0. The van der Waals surface area contributed by atoms with Gasteiger partial charge in [-0.1, -0.05) is 37.0 Å². The number of hydrogen-bond donors (Lipinski definition) is 1. The molecular formula is C14H16BrCl2NO3. The number of halogens is 3. The summed E-state index contributed by atoms with van der Waals surface area (Å²) in [6, 6.07) is 2.58. The molecule has 1 unspecified atom stereocenters. The van der Waals surface area contributed by atoms with Crippen LogP contribution >= 0.6 is 39.1 Å². The van der Waals surface area contributed by atoms with Crippen LogP contribution in [0.15, 0.2) is 16.6 Å². The molecule has 0 radical (unpaired) electrons. The number of ketones is 1. The number of hydrogen-bond acceptors (Lipinski definition) is 3. The van der Waals surface area contributed by atoms with Crippen LogP contribution in [0.4, 0.5) is 0 Å². The Balaban J connectivity index is 2.65. The first-order chi connectivity index (χ1) is 9.72. The highest BCUT2D eigenvalue weighted by molar-refractivity contribution is 9.10. The highest BCUT2D eigenvalue weighted by Crippen LogP contribution is 2.33. The van der Waals surface area contributed by atoms with Crippen LogP contribution in [0, 0.1) is 5.92 Å². The van der Waals surface area contributed by atoms with Crippen molar-refractivity contribution in [3.8, 4) is 5.75 Å². The lowest BCUT2D eigenvalue weighted by Crippen LogP contribution is -2.45. The van der Waals surface area contributed by atoms with E-state index in [1.165, 1.54) is 13.0 Å². The number of benzene rings is 1. The van der Waals surface area contributed by atoms with Crippen LogP contribution in [0.25, 0.3) is 0 Å². The Morgan fingerprint density at radius 3 is 2.43 bits per heavy atom. The first-order valence-corrected chi connectivity index (χ1v) is 7.84. The van der Waals surface area contributed by atoms with Gasteiger partial charge in [0.2, 0.25) is 0 Å². The van der Waals surface area contributed by atoms with Crippen molar-refractivity contribution in [2.75, 3.05) is 6.61 Å². The van der Waals surface area contributed by atoms with Crippen molar-refractivity contribution in [2.24, 2.45) is 5.92 Å². The van der Waals surface area contributed by atoms with Crippen molar-refractivity contribution < 1.29 is 14.3 Å². The molecule has 1 atom stereocenters. The third kappa shape index (κ3) is 5.49. The van der Waals surface area contributed by atoms with Gasteiger partial charge in [0.15, 0.2) is 12.4 Å². The van der Waals surface area contributed by atoms with Gasteiger partial charge in [-0.15, -0.1) is 0 Å². The second-order valence-electron chi connectivity index (χ2n) is 4.89. The average molecular weight is 397 g/mol. The molecule has 116 valence electrons. The number of carbonyl (C=O) groups excluding carboxylic acids is 2. The maximum Gasteiger partial charge on any atom is 0.258 e. The second kappa shape index (κ2) is 8.01. The van der Waals surface area contributed by atoms with Crippen LogP contribution in [0.3, 0.4) is 0 Å². The minimum Gasteiger partial charge on any atom is -0.482 e. The molecule has 0 aromatic heterocycles. The normalized spacial score (nSPS) is 12.1. The lowest BCUT2D eigenvalue weighted by molar-refractivity contribution is -0.129. The van der Waals surface area contributed by atoms with E-state index >= 15 is 0 Å². The third-order valence-electron chi connectivity index (χ3n) is 2.75. The summed E-state index contributed by atoms with van der Waals surface area (Å²) in [7, 11) is 0. The van der Waals surface area contributed by atoms with Crippen molar-refractivity contribution >= 4 is 50.8 Å². The van der Waals surface area contributed by atoms with E-state index in [0.29, 0.717) is 20.3 Å². The summed E-state index contributed by atoms with van der Waals surface area (Å²) in [6.07, 6.45) is 0. The fraction of sp³-hybridized carbons (Fsp3) is 0.429. The molecule has 0 aliphatic rings. The van der Waals surface area contributed by atoms with E-state index in [2.05, 4.69) is 21.2 Å². The number of amides is 1. The smallest absolute Gasteiger partial charge is 0.258 e. The summed E-state index contributed by atoms with van der Waals surface area (Å²) in [4.78, 5) is 23.3. The fourth-order valence-corrected chi connectivity index (χ4v) is 2.56. The Kier molecular flexibility index (Phi) is 6.97. The number of Topliss-reactive ketones (excluding diaryl/α,β-unsaturated/α-hetero) is 1. The maximum absolute atomic E-state index is 11.8. The largest absolute Gasteiger partial charge is 0.482 e. The van der Waals surface area contributed by atoms with Crippen molar-refractivity contribution in [3.05, 3.63) is 26.7 Å². The maximum atomic E-state index is 11.8. The van der Waals surface area contributed by atoms with Crippen LogP contribution in [-0.4, -0.2) is 24.3 Å².